The maximum absolute atomic E-state index is 12.9. The molecule has 13 heteroatoms. The van der Waals surface area contributed by atoms with Crippen molar-refractivity contribution in [2.45, 2.75) is 13.1 Å². The van der Waals surface area contributed by atoms with E-state index in [2.05, 4.69) is 25.7 Å². The average molecular weight is 492 g/mol. The van der Waals surface area contributed by atoms with E-state index in [-0.39, 0.29) is 29.4 Å². The van der Waals surface area contributed by atoms with Crippen LogP contribution in [0.5, 0.6) is 0 Å². The average Bonchev–Trinajstić information content (AvgIpc) is 3.58. The van der Waals surface area contributed by atoms with Crippen molar-refractivity contribution >= 4 is 45.9 Å². The predicted octanol–water partition coefficient (Wildman–Crippen LogP) is 1.78. The van der Waals surface area contributed by atoms with E-state index >= 15 is 0 Å². The molecule has 1 aromatic carbocycles. The molecule has 0 radical (unpaired) electrons. The number of rotatable bonds is 7. The number of amides is 2. The molecule has 2 amide bonds. The third kappa shape index (κ3) is 4.52. The number of aromatic amines is 1. The molecular weight excluding hydrogens is 476 g/mol. The van der Waals surface area contributed by atoms with Crippen LogP contribution in [0, 0.1) is 0 Å². The van der Waals surface area contributed by atoms with Gasteiger partial charge in [0.25, 0.3) is 11.8 Å². The normalized spacial score (nSPS) is 11.1. The second kappa shape index (κ2) is 8.87. The van der Waals surface area contributed by atoms with E-state index in [1.165, 1.54) is 22.8 Å². The molecule has 0 bridgehead atoms. The summed E-state index contributed by atoms with van der Waals surface area (Å²) in [5, 5.41) is 18.6. The van der Waals surface area contributed by atoms with Crippen molar-refractivity contribution in [2.75, 3.05) is 0 Å². The Bertz CT molecular complexity index is 1660. The van der Waals surface area contributed by atoms with Gasteiger partial charge in [-0.25, -0.2) is 19.1 Å². The van der Waals surface area contributed by atoms with E-state index in [9.17, 15) is 19.2 Å². The van der Waals surface area contributed by atoms with E-state index < -0.39 is 23.5 Å². The first-order chi connectivity index (χ1) is 16.9. The molecule has 4 heterocycles. The molecule has 0 fully saturated rings. The van der Waals surface area contributed by atoms with Crippen LogP contribution in [-0.4, -0.2) is 42.5 Å². The van der Waals surface area contributed by atoms with E-state index in [0.717, 1.165) is 16.9 Å². The zero-order valence-corrected chi connectivity index (χ0v) is 18.6. The molecule has 12 nitrogen and oxygen atoms in total. The number of H-pyrrole nitrogens is 1. The van der Waals surface area contributed by atoms with Crippen molar-refractivity contribution in [3.8, 4) is 0 Å². The SMILES string of the molecule is O=C(NCc1ccc2oc(=O)[nH]c2c1)c1cc(C(=O)NCc2ccc(C(=O)O)s2)n2nccc2n1. The molecule has 0 aliphatic carbocycles. The van der Waals surface area contributed by atoms with Gasteiger partial charge < -0.3 is 20.2 Å². The molecule has 4 aromatic heterocycles. The summed E-state index contributed by atoms with van der Waals surface area (Å²) in [6, 6.07) is 11.0. The molecule has 5 rings (SSSR count). The fourth-order valence-electron chi connectivity index (χ4n) is 3.42. The minimum atomic E-state index is -1.03. The van der Waals surface area contributed by atoms with Crippen LogP contribution in [0.25, 0.3) is 16.7 Å². The highest BCUT2D eigenvalue weighted by atomic mass is 32.1. The number of carboxylic acids is 1. The highest BCUT2D eigenvalue weighted by molar-refractivity contribution is 7.13. The van der Waals surface area contributed by atoms with Crippen molar-refractivity contribution in [3.63, 3.8) is 0 Å². The van der Waals surface area contributed by atoms with Gasteiger partial charge in [0.05, 0.1) is 18.3 Å². The number of benzene rings is 1. The largest absolute Gasteiger partial charge is 0.477 e. The van der Waals surface area contributed by atoms with Crippen LogP contribution in [0.2, 0.25) is 0 Å². The van der Waals surface area contributed by atoms with Gasteiger partial charge in [-0.1, -0.05) is 6.07 Å². The first-order valence-electron chi connectivity index (χ1n) is 10.2. The molecule has 0 spiro atoms. The topological polar surface area (TPSA) is 172 Å². The molecule has 4 N–H and O–H groups in total. The maximum atomic E-state index is 12.9. The standard InChI is InChI=1S/C22H16N6O6S/c29-19(23-9-11-1-3-16-13(7-11)27-22(33)34-16)14-8-15(28-18(26-14)5-6-25-28)20(30)24-10-12-2-4-17(35-12)21(31)32/h1-8H,9-10H2,(H,23,29)(H,24,30)(H,27,33)(H,31,32). The number of thiophene rings is 1. The number of nitrogens with one attached hydrogen (secondary N) is 3. The first-order valence-corrected chi connectivity index (χ1v) is 11.0. The fourth-order valence-corrected chi connectivity index (χ4v) is 4.21. The van der Waals surface area contributed by atoms with E-state index in [4.69, 9.17) is 9.52 Å². The Morgan fingerprint density at radius 3 is 2.69 bits per heavy atom. The molecule has 0 saturated heterocycles. The van der Waals surface area contributed by atoms with Gasteiger partial charge >= 0.3 is 11.7 Å². The number of oxazole rings is 1. The van der Waals surface area contributed by atoms with Crippen LogP contribution in [-0.2, 0) is 13.1 Å². The fraction of sp³-hybridized carbons (Fsp3) is 0.0909. The Labute approximate surface area is 199 Å². The van der Waals surface area contributed by atoms with Gasteiger partial charge in [0.15, 0.2) is 11.2 Å². The number of carboxylic acid groups (broad SMARTS) is 1. The predicted molar refractivity (Wildman–Crippen MR) is 123 cm³/mol. The van der Waals surface area contributed by atoms with Gasteiger partial charge in [-0.05, 0) is 29.8 Å². The first kappa shape index (κ1) is 22.0. The summed E-state index contributed by atoms with van der Waals surface area (Å²) in [6.45, 7) is 0.266. The van der Waals surface area contributed by atoms with Crippen LogP contribution in [0.1, 0.15) is 41.1 Å². The van der Waals surface area contributed by atoms with Gasteiger partial charge in [0.1, 0.15) is 16.3 Å². The summed E-state index contributed by atoms with van der Waals surface area (Å²) in [7, 11) is 0. The zero-order chi connectivity index (χ0) is 24.5. The van der Waals surface area contributed by atoms with Crippen LogP contribution < -0.4 is 16.4 Å². The minimum Gasteiger partial charge on any atom is -0.477 e. The lowest BCUT2D eigenvalue weighted by atomic mass is 10.2. The Morgan fingerprint density at radius 2 is 1.89 bits per heavy atom. The number of hydrogen-bond acceptors (Lipinski definition) is 8. The molecule has 176 valence electrons. The van der Waals surface area contributed by atoms with Crippen LogP contribution in [0.4, 0.5) is 0 Å². The summed E-state index contributed by atoms with van der Waals surface area (Å²) >= 11 is 1.06. The van der Waals surface area contributed by atoms with E-state index in [1.807, 2.05) is 0 Å². The Kier molecular flexibility index (Phi) is 5.58. The second-order valence-electron chi connectivity index (χ2n) is 7.41. The zero-order valence-electron chi connectivity index (χ0n) is 17.8. The lowest BCUT2D eigenvalue weighted by molar-refractivity contribution is 0.0701. The highest BCUT2D eigenvalue weighted by Crippen LogP contribution is 2.17. The number of carbonyl (C=O) groups excluding carboxylic acids is 2. The van der Waals surface area contributed by atoms with Crippen LogP contribution >= 0.6 is 11.3 Å². The molecule has 35 heavy (non-hydrogen) atoms. The number of aromatic nitrogens is 4. The van der Waals surface area contributed by atoms with Gasteiger partial charge in [-0.15, -0.1) is 11.3 Å². The van der Waals surface area contributed by atoms with Crippen molar-refractivity contribution in [2.24, 2.45) is 0 Å². The summed E-state index contributed by atoms with van der Waals surface area (Å²) < 4.78 is 6.28. The lowest BCUT2D eigenvalue weighted by Crippen LogP contribution is -2.28. The van der Waals surface area contributed by atoms with Crippen molar-refractivity contribution in [1.82, 2.24) is 30.2 Å². The number of carbonyl (C=O) groups is 3. The van der Waals surface area contributed by atoms with Gasteiger partial charge in [0.2, 0.25) is 0 Å². The number of aromatic carboxylic acids is 1. The van der Waals surface area contributed by atoms with Crippen molar-refractivity contribution in [1.29, 1.82) is 0 Å². The van der Waals surface area contributed by atoms with Gasteiger partial charge in [-0.3, -0.25) is 14.6 Å². The smallest absolute Gasteiger partial charge is 0.417 e. The molecule has 0 aliphatic heterocycles. The molecule has 0 saturated carbocycles. The molecule has 0 unspecified atom stereocenters. The molecule has 5 aromatic rings. The van der Waals surface area contributed by atoms with Crippen LogP contribution in [0.15, 0.2) is 57.9 Å². The van der Waals surface area contributed by atoms with Gasteiger partial charge in [0, 0.05) is 23.6 Å². The number of nitrogens with zero attached hydrogens (tertiary/aromatic N) is 3. The van der Waals surface area contributed by atoms with E-state index in [0.29, 0.717) is 21.6 Å². The van der Waals surface area contributed by atoms with E-state index in [1.54, 1.807) is 30.3 Å². The van der Waals surface area contributed by atoms with Crippen molar-refractivity contribution < 1.29 is 23.9 Å². The monoisotopic (exact) mass is 492 g/mol. The molecule has 0 atom stereocenters. The summed E-state index contributed by atoms with van der Waals surface area (Å²) in [6.07, 6.45) is 1.46. The maximum Gasteiger partial charge on any atom is 0.417 e. The van der Waals surface area contributed by atoms with Gasteiger partial charge in [-0.2, -0.15) is 5.10 Å². The Balaban J connectivity index is 1.32. The summed E-state index contributed by atoms with van der Waals surface area (Å²) in [5.74, 6) is -2.61. The summed E-state index contributed by atoms with van der Waals surface area (Å²) in [4.78, 5) is 55.7. The second-order valence-corrected chi connectivity index (χ2v) is 8.58. The van der Waals surface area contributed by atoms with Crippen molar-refractivity contribution in [3.05, 3.63) is 85.9 Å². The quantitative estimate of drug-likeness (QED) is 0.266. The highest BCUT2D eigenvalue weighted by Gasteiger charge is 2.18. The number of fused-ring (bicyclic) bond motifs is 2. The minimum absolute atomic E-state index is 0.0187. The molecule has 0 aliphatic rings. The Hall–Kier alpha value is -4.78. The third-order valence-corrected chi connectivity index (χ3v) is 6.13. The summed E-state index contributed by atoms with van der Waals surface area (Å²) in [5.41, 5.74) is 2.08. The Morgan fingerprint density at radius 1 is 1.06 bits per heavy atom. The lowest BCUT2D eigenvalue weighted by Gasteiger charge is -2.09. The third-order valence-electron chi connectivity index (χ3n) is 5.06. The molecular formula is C22H16N6O6S. The number of hydrogen-bond donors (Lipinski definition) is 4. The van der Waals surface area contributed by atoms with Crippen LogP contribution in [0.3, 0.4) is 0 Å².